The number of carbonyl (C=O) groups excluding carboxylic acids is 3. The van der Waals surface area contributed by atoms with Crippen LogP contribution < -0.4 is 5.73 Å². The Balaban J connectivity index is 2.07. The Morgan fingerprint density at radius 1 is 1.22 bits per heavy atom. The molecule has 1 aromatic carbocycles. The molecule has 0 bridgehead atoms. The monoisotopic (exact) mass is 620 g/mol. The Kier molecular flexibility index (Phi) is 8.71. The first-order valence-corrected chi connectivity index (χ1v) is 14.9. The van der Waals surface area contributed by atoms with Crippen LogP contribution in [0, 0.1) is 30.6 Å². The van der Waals surface area contributed by atoms with Crippen LogP contribution in [-0.2, 0) is 9.59 Å². The molecule has 2 aromatic rings. The lowest BCUT2D eigenvalue weighted by molar-refractivity contribution is -0.211. The highest BCUT2D eigenvalue weighted by molar-refractivity contribution is 6.16. The van der Waals surface area contributed by atoms with E-state index in [0.29, 0.717) is 28.2 Å². The molecule has 4 rings (SSSR count). The third kappa shape index (κ3) is 4.49. The number of carbonyl (C=O) groups is 3. The quantitative estimate of drug-likeness (QED) is 0.207. The van der Waals surface area contributed by atoms with E-state index in [2.05, 4.69) is 6.58 Å². The maximum absolute atomic E-state index is 14.6. The maximum Gasteiger partial charge on any atom is 0.227 e. The average molecular weight is 621 g/mol. The molecule has 0 saturated carbocycles. The third-order valence-electron chi connectivity index (χ3n) is 10.6. The summed E-state index contributed by atoms with van der Waals surface area (Å²) in [6.45, 7) is 12.7. The van der Waals surface area contributed by atoms with Gasteiger partial charge in [-0.1, -0.05) is 51.6 Å². The van der Waals surface area contributed by atoms with Crippen LogP contribution in [-0.4, -0.2) is 81.2 Å². The van der Waals surface area contributed by atoms with E-state index in [0.717, 1.165) is 5.56 Å². The number of amides is 1. The van der Waals surface area contributed by atoms with E-state index in [1.165, 1.54) is 18.7 Å². The van der Waals surface area contributed by atoms with Crippen molar-refractivity contribution in [3.63, 3.8) is 0 Å². The molecule has 45 heavy (non-hydrogen) atoms. The highest BCUT2D eigenvalue weighted by atomic mass is 16.4. The molecular formula is C35H44N2O8. The van der Waals surface area contributed by atoms with Gasteiger partial charge in [-0.3, -0.25) is 14.4 Å². The van der Waals surface area contributed by atoms with Gasteiger partial charge in [0, 0.05) is 22.6 Å². The number of rotatable bonds is 9. The van der Waals surface area contributed by atoms with E-state index in [1.807, 2.05) is 19.1 Å². The van der Waals surface area contributed by atoms with Gasteiger partial charge in [0.1, 0.15) is 17.3 Å². The van der Waals surface area contributed by atoms with Crippen LogP contribution in [0.25, 0.3) is 17.4 Å². The Hall–Kier alpha value is -3.83. The van der Waals surface area contributed by atoms with E-state index in [1.54, 1.807) is 59.2 Å². The summed E-state index contributed by atoms with van der Waals surface area (Å²) < 4.78 is 6.10. The van der Waals surface area contributed by atoms with Crippen LogP contribution >= 0.6 is 0 Å². The van der Waals surface area contributed by atoms with Crippen molar-refractivity contribution in [3.8, 4) is 11.3 Å². The van der Waals surface area contributed by atoms with E-state index in [-0.39, 0.29) is 11.1 Å². The summed E-state index contributed by atoms with van der Waals surface area (Å²) in [6.07, 6.45) is 3.48. The number of allylic oxidation sites excluding steroid dienone is 2. The molecule has 0 fully saturated rings. The van der Waals surface area contributed by atoms with Gasteiger partial charge in [0.05, 0.1) is 29.6 Å². The molecule has 1 heterocycles. The molecule has 10 nitrogen and oxygen atoms in total. The molecule has 0 spiro atoms. The first-order valence-electron chi connectivity index (χ1n) is 14.9. The second-order valence-electron chi connectivity index (χ2n) is 13.1. The molecule has 2 aliphatic rings. The van der Waals surface area contributed by atoms with Crippen LogP contribution in [0.5, 0.6) is 0 Å². The lowest BCUT2D eigenvalue weighted by Crippen LogP contribution is -2.75. The van der Waals surface area contributed by atoms with E-state index >= 15 is 0 Å². The number of hydrogen-bond acceptors (Lipinski definition) is 9. The van der Waals surface area contributed by atoms with E-state index in [9.17, 15) is 34.8 Å². The van der Waals surface area contributed by atoms with Crippen molar-refractivity contribution in [2.75, 3.05) is 20.7 Å². The summed E-state index contributed by atoms with van der Waals surface area (Å²) in [7, 11) is 3.18. The molecule has 0 radical (unpaired) electrons. The number of hydrogen-bond donors (Lipinski definition) is 5. The Morgan fingerprint density at radius 2 is 1.84 bits per heavy atom. The fourth-order valence-electron chi connectivity index (χ4n) is 7.65. The van der Waals surface area contributed by atoms with Crippen molar-refractivity contribution in [3.05, 3.63) is 76.3 Å². The SMILES string of the molecule is C=C/C=C\c1oc(-c2ccc3c(c2C)C(=O)C2=C(O)[C@](O)(C(=O)C(C)C(N)=O)C(C)([C@@H](CO)N(C)C)[C@@H](O)C2(C)[C@H]3C)cc1C. The second-order valence-corrected chi connectivity index (χ2v) is 13.1. The number of nitrogens with zero attached hydrogens (tertiary/aromatic N) is 1. The zero-order valence-electron chi connectivity index (χ0n) is 27.1. The standard InChI is InChI=1S/C35H44N2O8/c1-10-11-12-23-17(2)15-24(45-23)21-13-14-22-20(5)33(6)27(28(39)26(22)18(21)3)30(41)35(44,29(40)19(4)31(36)42)34(7,32(33)43)25(16-38)37(8)9/h10-15,19-20,25,32,38,41,43-44H,1,16H2,2-9H3,(H2,36,42)/b12-11-/t19?,20-,25+,32-,33?,34?,35+/m0/s1. The lowest BCUT2D eigenvalue weighted by atomic mass is 9.45. The molecular weight excluding hydrogens is 576 g/mol. The summed E-state index contributed by atoms with van der Waals surface area (Å²) in [4.78, 5) is 42.4. The van der Waals surface area contributed by atoms with Crippen molar-refractivity contribution in [1.82, 2.24) is 4.90 Å². The van der Waals surface area contributed by atoms with Gasteiger partial charge in [-0.15, -0.1) is 0 Å². The molecule has 1 aromatic heterocycles. The second kappa shape index (κ2) is 11.5. The number of benzene rings is 1. The van der Waals surface area contributed by atoms with Crippen molar-refractivity contribution in [2.24, 2.45) is 22.5 Å². The van der Waals surface area contributed by atoms with Crippen molar-refractivity contribution in [1.29, 1.82) is 0 Å². The first-order chi connectivity index (χ1) is 20.9. The molecule has 10 heteroatoms. The summed E-state index contributed by atoms with van der Waals surface area (Å²) in [5.74, 6) is -4.98. The van der Waals surface area contributed by atoms with Gasteiger partial charge in [-0.25, -0.2) is 0 Å². The van der Waals surface area contributed by atoms with Gasteiger partial charge in [-0.05, 0) is 69.6 Å². The van der Waals surface area contributed by atoms with Crippen molar-refractivity contribution in [2.45, 2.75) is 65.2 Å². The molecule has 0 aliphatic heterocycles. The predicted molar refractivity (Wildman–Crippen MR) is 170 cm³/mol. The van der Waals surface area contributed by atoms with E-state index < -0.39 is 70.3 Å². The highest BCUT2D eigenvalue weighted by Gasteiger charge is 2.73. The predicted octanol–water partition coefficient (Wildman–Crippen LogP) is 3.61. The fraction of sp³-hybridized carbons (Fsp3) is 0.457. The Morgan fingerprint density at radius 3 is 2.38 bits per heavy atom. The number of furan rings is 1. The lowest BCUT2D eigenvalue weighted by Gasteiger charge is -2.62. The number of fused-ring (bicyclic) bond motifs is 2. The van der Waals surface area contributed by atoms with Gasteiger partial charge in [-0.2, -0.15) is 0 Å². The molecule has 0 saturated heterocycles. The van der Waals surface area contributed by atoms with Crippen LogP contribution in [0.2, 0.25) is 0 Å². The van der Waals surface area contributed by atoms with Crippen LogP contribution in [0.3, 0.4) is 0 Å². The van der Waals surface area contributed by atoms with Gasteiger partial charge in [0.15, 0.2) is 17.2 Å². The molecule has 3 unspecified atom stereocenters. The van der Waals surface area contributed by atoms with Crippen LogP contribution in [0.4, 0.5) is 0 Å². The molecule has 7 atom stereocenters. The number of aryl methyl sites for hydroxylation is 1. The molecule has 1 amide bonds. The zero-order chi connectivity index (χ0) is 34.0. The number of Topliss-reactive ketones (excluding diaryl/α,β-unsaturated/α-hetero) is 2. The molecule has 2 aliphatic carbocycles. The number of primary amides is 1. The maximum atomic E-state index is 14.6. The minimum Gasteiger partial charge on any atom is -0.508 e. The smallest absolute Gasteiger partial charge is 0.227 e. The minimum absolute atomic E-state index is 0.246. The average Bonchev–Trinajstić information content (AvgIpc) is 3.35. The molecule has 242 valence electrons. The number of nitrogens with two attached hydrogens (primary N) is 1. The Labute approximate surface area is 263 Å². The van der Waals surface area contributed by atoms with Gasteiger partial charge in [0.2, 0.25) is 5.91 Å². The number of aliphatic hydroxyl groups excluding tert-OH is 3. The normalized spacial score (nSPS) is 29.5. The van der Waals surface area contributed by atoms with Crippen molar-refractivity contribution >= 4 is 23.5 Å². The summed E-state index contributed by atoms with van der Waals surface area (Å²) in [5.41, 5.74) is 1.49. The van der Waals surface area contributed by atoms with Crippen LogP contribution in [0.15, 0.2) is 52.7 Å². The third-order valence-corrected chi connectivity index (χ3v) is 10.6. The largest absolute Gasteiger partial charge is 0.508 e. The summed E-state index contributed by atoms with van der Waals surface area (Å²) >= 11 is 0. The van der Waals surface area contributed by atoms with Gasteiger partial charge >= 0.3 is 0 Å². The van der Waals surface area contributed by atoms with Gasteiger partial charge in [0.25, 0.3) is 0 Å². The van der Waals surface area contributed by atoms with E-state index in [4.69, 9.17) is 10.2 Å². The van der Waals surface area contributed by atoms with Gasteiger partial charge < -0.3 is 35.5 Å². The van der Waals surface area contributed by atoms with Crippen LogP contribution in [0.1, 0.15) is 66.4 Å². The summed E-state index contributed by atoms with van der Waals surface area (Å²) in [6, 6.07) is 4.37. The first kappa shape index (κ1) is 34.1. The fourth-order valence-corrected chi connectivity index (χ4v) is 7.65. The number of likely N-dealkylation sites (N-methyl/N-ethyl adjacent to an activating group) is 1. The summed E-state index contributed by atoms with van der Waals surface area (Å²) in [5, 5.41) is 47.4. The highest BCUT2D eigenvalue weighted by Crippen LogP contribution is 2.64. The van der Waals surface area contributed by atoms with Crippen molar-refractivity contribution < 1.29 is 39.2 Å². The topological polar surface area (TPSA) is 175 Å². The minimum atomic E-state index is -2.98. The number of ketones is 2. The molecule has 6 N–H and O–H groups in total. The zero-order valence-corrected chi connectivity index (χ0v) is 27.1. The Bertz CT molecular complexity index is 1650. The number of aliphatic hydroxyl groups is 4.